The van der Waals surface area contributed by atoms with Crippen molar-refractivity contribution < 1.29 is 26.9 Å². The van der Waals surface area contributed by atoms with Crippen molar-refractivity contribution in [1.82, 2.24) is 9.62 Å². The Kier molecular flexibility index (Phi) is 8.12. The van der Waals surface area contributed by atoms with Crippen molar-refractivity contribution in [3.8, 4) is 0 Å². The molecule has 1 amide bonds. The monoisotopic (exact) mass is 404 g/mol. The predicted molar refractivity (Wildman–Crippen MR) is 97.8 cm³/mol. The molecule has 152 valence electrons. The van der Waals surface area contributed by atoms with Gasteiger partial charge in [-0.3, -0.25) is 4.79 Å². The highest BCUT2D eigenvalue weighted by molar-refractivity contribution is 7.89. The maximum absolute atomic E-state index is 13.8. The smallest absolute Gasteiger partial charge is 0.275 e. The van der Waals surface area contributed by atoms with Gasteiger partial charge in [-0.15, -0.1) is 0 Å². The molecule has 1 saturated heterocycles. The molecule has 1 aromatic carbocycles. The van der Waals surface area contributed by atoms with Crippen LogP contribution in [0.1, 0.15) is 32.6 Å². The fourth-order valence-corrected chi connectivity index (χ4v) is 4.60. The van der Waals surface area contributed by atoms with Crippen molar-refractivity contribution in [3.63, 3.8) is 0 Å². The lowest BCUT2D eigenvalue weighted by atomic mass is 10.2. The largest absolute Gasteiger partial charge is 0.351 e. The average Bonchev–Trinajstić information content (AvgIpc) is 2.61. The van der Waals surface area contributed by atoms with Crippen molar-refractivity contribution in [2.24, 2.45) is 0 Å². The molecule has 0 aromatic heterocycles. The highest BCUT2D eigenvalue weighted by Gasteiger charge is 2.32. The molecule has 1 aliphatic heterocycles. The number of nitrogens with zero attached hydrogens (tertiary/aromatic N) is 1. The van der Waals surface area contributed by atoms with Gasteiger partial charge in [-0.2, -0.15) is 4.31 Å². The molecule has 0 spiro atoms. The second-order valence-corrected chi connectivity index (χ2v) is 8.72. The molecule has 27 heavy (non-hydrogen) atoms. The lowest BCUT2D eigenvalue weighted by molar-refractivity contribution is -0.895. The van der Waals surface area contributed by atoms with Crippen LogP contribution in [-0.2, 0) is 14.8 Å². The first-order valence-corrected chi connectivity index (χ1v) is 10.8. The van der Waals surface area contributed by atoms with Crippen molar-refractivity contribution >= 4 is 15.9 Å². The van der Waals surface area contributed by atoms with Gasteiger partial charge < -0.3 is 10.2 Å². The number of quaternary nitrogens is 1. The molecule has 0 atom stereocenters. The zero-order chi connectivity index (χ0) is 19.9. The van der Waals surface area contributed by atoms with Gasteiger partial charge in [0, 0.05) is 12.6 Å². The van der Waals surface area contributed by atoms with E-state index in [0.717, 1.165) is 42.7 Å². The number of unbranched alkanes of at least 4 members (excludes halogenated alkanes) is 3. The van der Waals surface area contributed by atoms with Gasteiger partial charge >= 0.3 is 0 Å². The minimum Gasteiger partial charge on any atom is -0.351 e. The summed E-state index contributed by atoms with van der Waals surface area (Å²) in [6, 6.07) is 2.45. The first kappa shape index (κ1) is 21.7. The van der Waals surface area contributed by atoms with E-state index in [1.54, 1.807) is 0 Å². The van der Waals surface area contributed by atoms with E-state index in [0.29, 0.717) is 32.2 Å². The van der Waals surface area contributed by atoms with Gasteiger partial charge in [-0.05, 0) is 18.6 Å². The van der Waals surface area contributed by atoms with E-state index in [-0.39, 0.29) is 19.0 Å². The van der Waals surface area contributed by atoms with Crippen LogP contribution in [0, 0.1) is 11.6 Å². The molecular formula is C18H28F2N3O3S+. The molecule has 0 unspecified atom stereocenters. The molecular weight excluding hydrogens is 376 g/mol. The molecule has 2 rings (SSSR count). The number of rotatable bonds is 9. The number of hydrogen-bond acceptors (Lipinski definition) is 3. The number of nitrogens with one attached hydrogen (secondary N) is 2. The van der Waals surface area contributed by atoms with Crippen LogP contribution >= 0.6 is 0 Å². The molecule has 0 bridgehead atoms. The van der Waals surface area contributed by atoms with E-state index >= 15 is 0 Å². The normalized spacial score (nSPS) is 16.4. The zero-order valence-electron chi connectivity index (χ0n) is 15.6. The molecule has 6 nitrogen and oxygen atoms in total. The average molecular weight is 405 g/mol. The number of hydrogen-bond donors (Lipinski definition) is 2. The van der Waals surface area contributed by atoms with Gasteiger partial charge in [0.05, 0.1) is 26.2 Å². The van der Waals surface area contributed by atoms with Gasteiger partial charge in [0.2, 0.25) is 10.0 Å². The Bertz CT molecular complexity index is 735. The van der Waals surface area contributed by atoms with Crippen molar-refractivity contribution in [1.29, 1.82) is 0 Å². The van der Waals surface area contributed by atoms with Crippen LogP contribution in [0.4, 0.5) is 8.78 Å². The van der Waals surface area contributed by atoms with Crippen molar-refractivity contribution in [3.05, 3.63) is 29.8 Å². The maximum Gasteiger partial charge on any atom is 0.275 e. The predicted octanol–water partition coefficient (Wildman–Crippen LogP) is 0.551. The van der Waals surface area contributed by atoms with Crippen LogP contribution in [0.5, 0.6) is 0 Å². The van der Waals surface area contributed by atoms with Gasteiger partial charge in [0.25, 0.3) is 5.91 Å². The summed E-state index contributed by atoms with van der Waals surface area (Å²) in [6.45, 7) is 4.41. The van der Waals surface area contributed by atoms with Crippen LogP contribution in [0.3, 0.4) is 0 Å². The molecule has 0 radical (unpaired) electrons. The standard InChI is InChI=1S/C18H27F2N3O3S/c1-2-3-4-5-8-21-18(24)14-22-9-11-23(12-10-22)27(25,26)17-7-6-15(19)13-16(17)20/h6-7,13H,2-5,8-12,14H2,1H3,(H,21,24)/p+1. The minimum absolute atomic E-state index is 0.0395. The number of carbonyl (C=O) groups excluding carboxylic acids is 1. The van der Waals surface area contributed by atoms with Crippen LogP contribution in [0.15, 0.2) is 23.1 Å². The van der Waals surface area contributed by atoms with Gasteiger partial charge in [-0.1, -0.05) is 26.2 Å². The second kappa shape index (κ2) is 10.1. The molecule has 1 heterocycles. The van der Waals surface area contributed by atoms with Gasteiger partial charge in [-0.25, -0.2) is 17.2 Å². The Balaban J connectivity index is 1.81. The lowest BCUT2D eigenvalue weighted by Gasteiger charge is -2.31. The van der Waals surface area contributed by atoms with Crippen LogP contribution in [0.2, 0.25) is 0 Å². The molecule has 0 aliphatic carbocycles. The summed E-state index contributed by atoms with van der Waals surface area (Å²) in [5.41, 5.74) is 0. The highest BCUT2D eigenvalue weighted by atomic mass is 32.2. The first-order chi connectivity index (χ1) is 12.8. The van der Waals surface area contributed by atoms with Crippen LogP contribution in [-0.4, -0.2) is 57.9 Å². The molecule has 1 aromatic rings. The Morgan fingerprint density at radius 1 is 1.19 bits per heavy atom. The molecule has 1 aliphatic rings. The van der Waals surface area contributed by atoms with E-state index in [4.69, 9.17) is 0 Å². The first-order valence-electron chi connectivity index (χ1n) is 9.40. The number of halogens is 2. The molecule has 9 heteroatoms. The highest BCUT2D eigenvalue weighted by Crippen LogP contribution is 2.20. The fourth-order valence-electron chi connectivity index (χ4n) is 3.11. The summed E-state index contributed by atoms with van der Waals surface area (Å²) in [5, 5.41) is 2.89. The van der Waals surface area contributed by atoms with E-state index in [2.05, 4.69) is 12.2 Å². The summed E-state index contributed by atoms with van der Waals surface area (Å²) in [7, 11) is -4.01. The summed E-state index contributed by atoms with van der Waals surface area (Å²) in [6.07, 6.45) is 4.36. The molecule has 0 saturated carbocycles. The van der Waals surface area contributed by atoms with E-state index in [9.17, 15) is 22.0 Å². The Morgan fingerprint density at radius 3 is 2.52 bits per heavy atom. The Labute approximate surface area is 159 Å². The number of amides is 1. The summed E-state index contributed by atoms with van der Waals surface area (Å²) < 4.78 is 53.1. The number of piperazine rings is 1. The lowest BCUT2D eigenvalue weighted by Crippen LogP contribution is -3.15. The number of benzene rings is 1. The van der Waals surface area contributed by atoms with E-state index in [1.165, 1.54) is 4.31 Å². The fraction of sp³-hybridized carbons (Fsp3) is 0.611. The SMILES string of the molecule is CCCCCCNC(=O)C[NH+]1CCN(S(=O)(=O)c2ccc(F)cc2F)CC1. The third-order valence-corrected chi connectivity index (χ3v) is 6.64. The van der Waals surface area contributed by atoms with Gasteiger partial charge in [0.15, 0.2) is 6.54 Å². The van der Waals surface area contributed by atoms with Crippen LogP contribution in [0.25, 0.3) is 0 Å². The van der Waals surface area contributed by atoms with Crippen molar-refractivity contribution in [2.45, 2.75) is 37.5 Å². The van der Waals surface area contributed by atoms with Crippen molar-refractivity contribution in [2.75, 3.05) is 39.3 Å². The Morgan fingerprint density at radius 2 is 1.89 bits per heavy atom. The third-order valence-electron chi connectivity index (χ3n) is 4.70. The topological polar surface area (TPSA) is 70.9 Å². The quantitative estimate of drug-likeness (QED) is 0.591. The minimum atomic E-state index is -4.01. The van der Waals surface area contributed by atoms with Crippen LogP contribution < -0.4 is 10.2 Å². The van der Waals surface area contributed by atoms with Gasteiger partial charge in [0.1, 0.15) is 16.5 Å². The summed E-state index contributed by atoms with van der Waals surface area (Å²) in [4.78, 5) is 12.4. The molecule has 2 N–H and O–H groups in total. The summed E-state index contributed by atoms with van der Waals surface area (Å²) in [5.74, 6) is -1.95. The number of carbonyl (C=O) groups is 1. The third kappa shape index (κ3) is 6.22. The molecule has 1 fully saturated rings. The van der Waals surface area contributed by atoms with E-state index in [1.807, 2.05) is 0 Å². The summed E-state index contributed by atoms with van der Waals surface area (Å²) >= 11 is 0. The number of sulfonamides is 1. The zero-order valence-corrected chi connectivity index (χ0v) is 16.5. The van der Waals surface area contributed by atoms with E-state index < -0.39 is 26.6 Å². The Hall–Kier alpha value is -1.58. The maximum atomic E-state index is 13.8. The second-order valence-electron chi connectivity index (χ2n) is 6.82.